The lowest BCUT2D eigenvalue weighted by Gasteiger charge is -2.15. The fourth-order valence-corrected chi connectivity index (χ4v) is 2.10. The summed E-state index contributed by atoms with van der Waals surface area (Å²) in [6, 6.07) is 0. The van der Waals surface area contributed by atoms with Gasteiger partial charge in [-0.1, -0.05) is 58.5 Å². The summed E-state index contributed by atoms with van der Waals surface area (Å²) in [4.78, 5) is 0. The van der Waals surface area contributed by atoms with Crippen molar-refractivity contribution in [1.82, 2.24) is 0 Å². The minimum atomic E-state index is -0.513. The van der Waals surface area contributed by atoms with Crippen molar-refractivity contribution in [3.63, 3.8) is 0 Å². The Labute approximate surface area is 103 Å². The molecule has 84 valence electrons. The Hall–Kier alpha value is 0.620. The van der Waals surface area contributed by atoms with E-state index in [1.165, 1.54) is 0 Å². The van der Waals surface area contributed by atoms with Crippen molar-refractivity contribution in [1.29, 1.82) is 0 Å². The second kappa shape index (κ2) is 7.85. The van der Waals surface area contributed by atoms with Gasteiger partial charge >= 0.3 is 0 Å². The fraction of sp³-hybridized carbons (Fsp3) is 0.800. The summed E-state index contributed by atoms with van der Waals surface area (Å²) in [6.07, 6.45) is 2.21. The highest BCUT2D eigenvalue weighted by molar-refractivity contribution is 9.14. The van der Waals surface area contributed by atoms with E-state index >= 15 is 0 Å². The first-order chi connectivity index (χ1) is 6.54. The number of aliphatic hydroxyl groups is 2. The van der Waals surface area contributed by atoms with Crippen LogP contribution in [0.5, 0.6) is 0 Å². The summed E-state index contributed by atoms with van der Waals surface area (Å²) in [7, 11) is 0. The minimum Gasteiger partial charge on any atom is -0.388 e. The topological polar surface area (TPSA) is 40.5 Å². The van der Waals surface area contributed by atoms with Crippen LogP contribution in [-0.2, 0) is 0 Å². The Morgan fingerprint density at radius 2 is 1.21 bits per heavy atom. The Balaban J connectivity index is 4.39. The molecule has 0 saturated carbocycles. The van der Waals surface area contributed by atoms with E-state index in [-0.39, 0.29) is 0 Å². The van der Waals surface area contributed by atoms with E-state index in [0.29, 0.717) is 21.8 Å². The van der Waals surface area contributed by atoms with Crippen LogP contribution in [0.25, 0.3) is 0 Å². The predicted molar refractivity (Wildman–Crippen MR) is 66.7 cm³/mol. The van der Waals surface area contributed by atoms with Crippen LogP contribution in [0.2, 0.25) is 0 Å². The summed E-state index contributed by atoms with van der Waals surface area (Å²) in [5, 5.41) is 19.3. The maximum Gasteiger partial charge on any atom is 0.0863 e. The first-order valence-corrected chi connectivity index (χ1v) is 6.54. The molecule has 14 heavy (non-hydrogen) atoms. The molecule has 0 aliphatic carbocycles. The summed E-state index contributed by atoms with van der Waals surface area (Å²) in [5.74, 6) is 0. The molecule has 0 saturated heterocycles. The molecule has 0 radical (unpaired) electrons. The van der Waals surface area contributed by atoms with Gasteiger partial charge in [-0.15, -0.1) is 0 Å². The van der Waals surface area contributed by atoms with Crippen LogP contribution in [0.1, 0.15) is 39.5 Å². The van der Waals surface area contributed by atoms with E-state index in [1.54, 1.807) is 0 Å². The maximum absolute atomic E-state index is 9.66. The molecule has 0 heterocycles. The van der Waals surface area contributed by atoms with Gasteiger partial charge in [0, 0.05) is 8.96 Å². The SMILES string of the molecule is CCC[C@@H](O)/C(Br)=C(\Br)[C@@H](O)CCC. The third-order valence-electron chi connectivity index (χ3n) is 1.94. The van der Waals surface area contributed by atoms with Gasteiger partial charge in [0.05, 0.1) is 12.2 Å². The van der Waals surface area contributed by atoms with Crippen molar-refractivity contribution in [3.8, 4) is 0 Å². The lowest BCUT2D eigenvalue weighted by molar-refractivity contribution is 0.191. The minimum absolute atomic E-state index is 0.513. The van der Waals surface area contributed by atoms with Crippen LogP contribution in [0.4, 0.5) is 0 Å². The Morgan fingerprint density at radius 3 is 1.43 bits per heavy atom. The number of halogens is 2. The van der Waals surface area contributed by atoms with Crippen LogP contribution in [0, 0.1) is 0 Å². The number of aliphatic hydroxyl groups excluding tert-OH is 2. The zero-order valence-electron chi connectivity index (χ0n) is 8.63. The van der Waals surface area contributed by atoms with Crippen LogP contribution in [0.15, 0.2) is 8.96 Å². The molecule has 0 rings (SSSR count). The molecule has 0 aliphatic heterocycles. The molecule has 0 fully saturated rings. The molecule has 2 nitrogen and oxygen atoms in total. The molecule has 0 amide bonds. The van der Waals surface area contributed by atoms with Gasteiger partial charge in [-0.25, -0.2) is 0 Å². The third-order valence-corrected chi connectivity index (χ3v) is 4.38. The smallest absolute Gasteiger partial charge is 0.0863 e. The van der Waals surface area contributed by atoms with E-state index < -0.39 is 12.2 Å². The van der Waals surface area contributed by atoms with Gasteiger partial charge in [0.15, 0.2) is 0 Å². The lowest BCUT2D eigenvalue weighted by Crippen LogP contribution is -2.13. The maximum atomic E-state index is 9.66. The molecule has 0 aliphatic rings. The van der Waals surface area contributed by atoms with Crippen LogP contribution in [0.3, 0.4) is 0 Å². The molecule has 0 aromatic rings. The van der Waals surface area contributed by atoms with Gasteiger partial charge in [-0.2, -0.15) is 0 Å². The summed E-state index contributed by atoms with van der Waals surface area (Å²) < 4.78 is 1.33. The standard InChI is InChI=1S/C10H18Br2O2/c1-3-5-7(13)9(11)10(12)8(14)6-4-2/h7-8,13-14H,3-6H2,1-2H3/b10-9+/t7-,8+. The van der Waals surface area contributed by atoms with Crippen molar-refractivity contribution >= 4 is 31.9 Å². The van der Waals surface area contributed by atoms with Crippen molar-refractivity contribution in [2.75, 3.05) is 0 Å². The molecular weight excluding hydrogens is 312 g/mol. The lowest BCUT2D eigenvalue weighted by atomic mass is 10.1. The first-order valence-electron chi connectivity index (χ1n) is 4.95. The average molecular weight is 330 g/mol. The average Bonchev–Trinajstić information content (AvgIpc) is 2.16. The highest BCUT2D eigenvalue weighted by atomic mass is 79.9. The highest BCUT2D eigenvalue weighted by Crippen LogP contribution is 2.28. The summed E-state index contributed by atoms with van der Waals surface area (Å²) in [6.45, 7) is 4.03. The first kappa shape index (κ1) is 14.6. The largest absolute Gasteiger partial charge is 0.388 e. The second-order valence-electron chi connectivity index (χ2n) is 3.30. The molecule has 0 aromatic carbocycles. The van der Waals surface area contributed by atoms with Gasteiger partial charge < -0.3 is 10.2 Å². The van der Waals surface area contributed by atoms with Crippen LogP contribution < -0.4 is 0 Å². The zero-order valence-corrected chi connectivity index (χ0v) is 11.8. The van der Waals surface area contributed by atoms with Gasteiger partial charge in [0.25, 0.3) is 0 Å². The van der Waals surface area contributed by atoms with Crippen LogP contribution >= 0.6 is 31.9 Å². The predicted octanol–water partition coefficient (Wildman–Crippen LogP) is 3.31. The van der Waals surface area contributed by atoms with Crippen molar-refractivity contribution in [3.05, 3.63) is 8.96 Å². The molecule has 0 bridgehead atoms. The zero-order chi connectivity index (χ0) is 11.1. The molecule has 2 N–H and O–H groups in total. The Morgan fingerprint density at radius 1 is 0.929 bits per heavy atom. The second-order valence-corrected chi connectivity index (χ2v) is 5.01. The van der Waals surface area contributed by atoms with Crippen LogP contribution in [-0.4, -0.2) is 22.4 Å². The fourth-order valence-electron chi connectivity index (χ4n) is 1.12. The van der Waals surface area contributed by atoms with E-state index in [9.17, 15) is 10.2 Å². The molecule has 0 spiro atoms. The number of hydrogen-bond donors (Lipinski definition) is 2. The van der Waals surface area contributed by atoms with Crippen molar-refractivity contribution in [2.45, 2.75) is 51.7 Å². The van der Waals surface area contributed by atoms with Gasteiger partial charge in [0.2, 0.25) is 0 Å². The number of hydrogen-bond acceptors (Lipinski definition) is 2. The molecule has 4 heteroatoms. The number of rotatable bonds is 6. The molecular formula is C10H18Br2O2. The van der Waals surface area contributed by atoms with E-state index in [0.717, 1.165) is 12.8 Å². The van der Waals surface area contributed by atoms with Gasteiger partial charge in [-0.05, 0) is 12.8 Å². The summed E-state index contributed by atoms with van der Waals surface area (Å²) in [5.41, 5.74) is 0. The Kier molecular flexibility index (Phi) is 8.20. The van der Waals surface area contributed by atoms with Gasteiger partial charge in [-0.3, -0.25) is 0 Å². The monoisotopic (exact) mass is 328 g/mol. The quantitative estimate of drug-likeness (QED) is 0.784. The summed E-state index contributed by atoms with van der Waals surface area (Å²) >= 11 is 6.61. The van der Waals surface area contributed by atoms with Crippen molar-refractivity contribution in [2.24, 2.45) is 0 Å². The van der Waals surface area contributed by atoms with E-state index in [1.807, 2.05) is 13.8 Å². The third kappa shape index (κ3) is 4.91. The molecule has 0 aromatic heterocycles. The normalized spacial score (nSPS) is 17.6. The highest BCUT2D eigenvalue weighted by Gasteiger charge is 2.16. The molecule has 2 atom stereocenters. The van der Waals surface area contributed by atoms with Crippen molar-refractivity contribution < 1.29 is 10.2 Å². The molecule has 0 unspecified atom stereocenters. The Bertz CT molecular complexity index is 173. The van der Waals surface area contributed by atoms with E-state index in [2.05, 4.69) is 31.9 Å². The van der Waals surface area contributed by atoms with E-state index in [4.69, 9.17) is 0 Å². The van der Waals surface area contributed by atoms with Gasteiger partial charge in [0.1, 0.15) is 0 Å².